The lowest BCUT2D eigenvalue weighted by Crippen LogP contribution is -2.41. The van der Waals surface area contributed by atoms with Crippen molar-refractivity contribution in [1.82, 2.24) is 24.8 Å². The maximum atomic E-state index is 13.2. The average Bonchev–Trinajstić information content (AvgIpc) is 2.86. The Balaban J connectivity index is 1.51. The first-order chi connectivity index (χ1) is 16.1. The zero-order chi connectivity index (χ0) is 22.8. The van der Waals surface area contributed by atoms with Gasteiger partial charge in [-0.2, -0.15) is 0 Å². The molecule has 2 aliphatic heterocycles. The molecule has 0 N–H and O–H groups in total. The third-order valence-corrected chi connectivity index (χ3v) is 6.35. The number of fused-ring (bicyclic) bond motifs is 1. The number of anilines is 1. The van der Waals surface area contributed by atoms with Crippen molar-refractivity contribution in [3.8, 4) is 0 Å². The summed E-state index contributed by atoms with van der Waals surface area (Å²) in [5.74, 6) is 1.16. The van der Waals surface area contributed by atoms with Gasteiger partial charge in [0.05, 0.1) is 18.3 Å². The maximum Gasteiger partial charge on any atom is 0.273 e. The Hall–Kier alpha value is -3.68. The van der Waals surface area contributed by atoms with Gasteiger partial charge in [0.2, 0.25) is 5.91 Å². The zero-order valence-corrected chi connectivity index (χ0v) is 18.6. The van der Waals surface area contributed by atoms with Gasteiger partial charge < -0.3 is 4.90 Å². The fourth-order valence-corrected chi connectivity index (χ4v) is 4.65. The van der Waals surface area contributed by atoms with Gasteiger partial charge in [-0.25, -0.2) is 9.97 Å². The van der Waals surface area contributed by atoms with Crippen LogP contribution in [0, 0.1) is 6.92 Å². The highest BCUT2D eigenvalue weighted by molar-refractivity contribution is 5.95. The summed E-state index contributed by atoms with van der Waals surface area (Å²) in [6, 6.07) is 10.8. The van der Waals surface area contributed by atoms with E-state index >= 15 is 0 Å². The molecule has 0 unspecified atom stereocenters. The first-order valence-electron chi connectivity index (χ1n) is 11.4. The number of amides is 2. The third kappa shape index (κ3) is 4.20. The predicted molar refractivity (Wildman–Crippen MR) is 122 cm³/mol. The SMILES string of the molecule is Cc1nc([C@H]2CCCCN2C(=O)c2ccccn2)nc2c1CCC(=O)N2Cc1ccccn1. The highest BCUT2D eigenvalue weighted by Crippen LogP contribution is 2.35. The molecule has 8 heteroatoms. The Morgan fingerprint density at radius 3 is 2.61 bits per heavy atom. The Kier molecular flexibility index (Phi) is 5.81. The summed E-state index contributed by atoms with van der Waals surface area (Å²) in [5, 5.41) is 0. The first kappa shape index (κ1) is 21.2. The second-order valence-electron chi connectivity index (χ2n) is 8.50. The predicted octanol–water partition coefficient (Wildman–Crippen LogP) is 3.42. The van der Waals surface area contributed by atoms with E-state index in [4.69, 9.17) is 9.97 Å². The largest absolute Gasteiger partial charge is 0.327 e. The van der Waals surface area contributed by atoms with Crippen LogP contribution in [0.5, 0.6) is 0 Å². The van der Waals surface area contributed by atoms with Crippen LogP contribution >= 0.6 is 0 Å². The number of carbonyl (C=O) groups excluding carboxylic acids is 2. The Bertz CT molecular complexity index is 1170. The number of likely N-dealkylation sites (tertiary alicyclic amines) is 1. The van der Waals surface area contributed by atoms with Crippen molar-refractivity contribution >= 4 is 17.6 Å². The van der Waals surface area contributed by atoms with Gasteiger partial charge >= 0.3 is 0 Å². The summed E-state index contributed by atoms with van der Waals surface area (Å²) in [6.45, 7) is 2.96. The van der Waals surface area contributed by atoms with Crippen molar-refractivity contribution in [3.63, 3.8) is 0 Å². The minimum atomic E-state index is -0.244. The van der Waals surface area contributed by atoms with Gasteiger partial charge in [0.1, 0.15) is 11.5 Å². The van der Waals surface area contributed by atoms with Crippen LogP contribution in [0.15, 0.2) is 48.8 Å². The normalized spacial score (nSPS) is 18.2. The molecule has 2 amide bonds. The molecule has 1 fully saturated rings. The molecule has 168 valence electrons. The molecule has 0 bridgehead atoms. The van der Waals surface area contributed by atoms with Gasteiger partial charge in [-0.05, 0) is 56.9 Å². The van der Waals surface area contributed by atoms with Crippen LogP contribution in [-0.2, 0) is 17.8 Å². The number of piperidine rings is 1. The maximum absolute atomic E-state index is 13.2. The van der Waals surface area contributed by atoms with Crippen molar-refractivity contribution in [2.45, 2.75) is 51.6 Å². The van der Waals surface area contributed by atoms with E-state index in [9.17, 15) is 9.59 Å². The summed E-state index contributed by atoms with van der Waals surface area (Å²) < 4.78 is 0. The lowest BCUT2D eigenvalue weighted by Gasteiger charge is -2.36. The third-order valence-electron chi connectivity index (χ3n) is 6.35. The van der Waals surface area contributed by atoms with Crippen LogP contribution in [0.2, 0.25) is 0 Å². The highest BCUT2D eigenvalue weighted by atomic mass is 16.2. The standard InChI is InChI=1S/C25H26N6O2/c1-17-19-11-12-22(32)31(16-18-8-2-5-13-26-18)24(19)29-23(28-17)21-10-4-7-15-30(21)25(33)20-9-3-6-14-27-20/h2-3,5-6,8-9,13-14,21H,4,7,10-12,15-16H2,1H3/t21-/m1/s1. The Morgan fingerprint density at radius 2 is 1.85 bits per heavy atom. The average molecular weight is 443 g/mol. The minimum Gasteiger partial charge on any atom is -0.327 e. The van der Waals surface area contributed by atoms with Gasteiger partial charge in [-0.3, -0.25) is 24.5 Å². The minimum absolute atomic E-state index is 0.0299. The van der Waals surface area contributed by atoms with E-state index in [1.165, 1.54) is 0 Å². The van der Waals surface area contributed by atoms with E-state index in [0.717, 1.165) is 36.2 Å². The van der Waals surface area contributed by atoms with Crippen LogP contribution in [0.1, 0.15) is 65.0 Å². The summed E-state index contributed by atoms with van der Waals surface area (Å²) in [4.78, 5) is 48.0. The lowest BCUT2D eigenvalue weighted by atomic mass is 9.99. The number of rotatable bonds is 4. The number of carbonyl (C=O) groups is 2. The molecule has 1 saturated heterocycles. The fraction of sp³-hybridized carbons (Fsp3) is 0.360. The zero-order valence-electron chi connectivity index (χ0n) is 18.6. The molecule has 0 spiro atoms. The molecule has 3 aromatic rings. The molecule has 3 aromatic heterocycles. The van der Waals surface area contributed by atoms with Gasteiger partial charge in [0, 0.05) is 36.6 Å². The van der Waals surface area contributed by atoms with E-state index in [1.54, 1.807) is 29.4 Å². The van der Waals surface area contributed by atoms with E-state index in [-0.39, 0.29) is 17.9 Å². The number of nitrogens with zero attached hydrogens (tertiary/aromatic N) is 6. The Labute approximate surface area is 192 Å². The molecule has 1 atom stereocenters. The molecular weight excluding hydrogens is 416 g/mol. The van der Waals surface area contributed by atoms with Gasteiger partial charge in [0.25, 0.3) is 5.91 Å². The molecule has 8 nitrogen and oxygen atoms in total. The highest BCUT2D eigenvalue weighted by Gasteiger charge is 2.34. The second kappa shape index (κ2) is 9.05. The molecule has 0 aromatic carbocycles. The molecular formula is C25H26N6O2. The number of aromatic nitrogens is 4. The van der Waals surface area contributed by atoms with Crippen molar-refractivity contribution < 1.29 is 9.59 Å². The van der Waals surface area contributed by atoms with E-state index in [0.29, 0.717) is 43.3 Å². The summed E-state index contributed by atoms with van der Waals surface area (Å²) in [5.41, 5.74) is 3.09. The van der Waals surface area contributed by atoms with Crippen molar-refractivity contribution in [1.29, 1.82) is 0 Å². The van der Waals surface area contributed by atoms with Crippen LogP contribution < -0.4 is 4.90 Å². The van der Waals surface area contributed by atoms with Crippen LogP contribution in [-0.4, -0.2) is 43.2 Å². The van der Waals surface area contributed by atoms with E-state index in [1.807, 2.05) is 36.1 Å². The van der Waals surface area contributed by atoms with E-state index < -0.39 is 0 Å². The number of hydrogen-bond acceptors (Lipinski definition) is 6. The molecule has 2 aliphatic rings. The van der Waals surface area contributed by atoms with Gasteiger partial charge in [0.15, 0.2) is 5.82 Å². The second-order valence-corrected chi connectivity index (χ2v) is 8.50. The van der Waals surface area contributed by atoms with E-state index in [2.05, 4.69) is 9.97 Å². The number of hydrogen-bond donors (Lipinski definition) is 0. The quantitative estimate of drug-likeness (QED) is 0.615. The summed E-state index contributed by atoms with van der Waals surface area (Å²) in [7, 11) is 0. The summed E-state index contributed by atoms with van der Waals surface area (Å²) in [6.07, 6.45) is 7.12. The lowest BCUT2D eigenvalue weighted by molar-refractivity contribution is -0.119. The number of pyridine rings is 2. The van der Waals surface area contributed by atoms with Crippen molar-refractivity contribution in [2.75, 3.05) is 11.4 Å². The molecule has 5 rings (SSSR count). The summed E-state index contributed by atoms with van der Waals surface area (Å²) >= 11 is 0. The molecule has 0 saturated carbocycles. The van der Waals surface area contributed by atoms with Gasteiger partial charge in [-0.1, -0.05) is 12.1 Å². The van der Waals surface area contributed by atoms with Crippen LogP contribution in [0.3, 0.4) is 0 Å². The Morgan fingerprint density at radius 1 is 1.03 bits per heavy atom. The smallest absolute Gasteiger partial charge is 0.273 e. The molecule has 0 aliphatic carbocycles. The monoisotopic (exact) mass is 442 g/mol. The molecule has 33 heavy (non-hydrogen) atoms. The first-order valence-corrected chi connectivity index (χ1v) is 11.4. The topological polar surface area (TPSA) is 92.2 Å². The fourth-order valence-electron chi connectivity index (χ4n) is 4.65. The van der Waals surface area contributed by atoms with Crippen molar-refractivity contribution in [3.05, 3.63) is 77.3 Å². The van der Waals surface area contributed by atoms with Crippen LogP contribution in [0.4, 0.5) is 5.82 Å². The van der Waals surface area contributed by atoms with Crippen LogP contribution in [0.25, 0.3) is 0 Å². The van der Waals surface area contributed by atoms with Crippen molar-refractivity contribution in [2.24, 2.45) is 0 Å². The number of aryl methyl sites for hydroxylation is 1. The molecule has 0 radical (unpaired) electrons. The molecule has 5 heterocycles. The van der Waals surface area contributed by atoms with Gasteiger partial charge in [-0.15, -0.1) is 0 Å².